The Kier molecular flexibility index (Phi) is 6.20. The van der Waals surface area contributed by atoms with Crippen molar-refractivity contribution in [2.45, 2.75) is 18.3 Å². The number of thiazole rings is 1. The van der Waals surface area contributed by atoms with Gasteiger partial charge in [0, 0.05) is 22.7 Å². The van der Waals surface area contributed by atoms with E-state index in [-0.39, 0.29) is 19.2 Å². The number of benzene rings is 3. The normalized spacial score (nSPS) is 19.7. The standard InChI is InChI=1S/C27H22ClN3O4S/c28-20-12-22-21(30-27(31-22)35-24-14-34-23(13-32)25(24)33)11-19(20)17-5-1-15(2-6-17)16-3-7-18(8-4-16)26-29-9-10-36-26/h1-12,23-25,32-33H,13-14H2,(H,30,31)/t23-,24?,25-/m1/s1. The molecule has 5 aromatic rings. The summed E-state index contributed by atoms with van der Waals surface area (Å²) in [6.07, 6.45) is -0.377. The third-order valence-electron chi connectivity index (χ3n) is 6.32. The Balaban J connectivity index is 1.22. The van der Waals surface area contributed by atoms with Crippen molar-refractivity contribution < 1.29 is 19.7 Å². The van der Waals surface area contributed by atoms with Crippen molar-refractivity contribution in [3.8, 4) is 38.8 Å². The number of aromatic nitrogens is 3. The summed E-state index contributed by atoms with van der Waals surface area (Å²) in [5.74, 6) is 0. The number of nitrogens with zero attached hydrogens (tertiary/aromatic N) is 2. The second kappa shape index (κ2) is 9.65. The van der Waals surface area contributed by atoms with Gasteiger partial charge in [-0.05, 0) is 28.8 Å². The predicted molar refractivity (Wildman–Crippen MR) is 140 cm³/mol. The molecule has 1 fully saturated rings. The molecule has 1 aliphatic heterocycles. The van der Waals surface area contributed by atoms with Gasteiger partial charge in [-0.1, -0.05) is 60.1 Å². The van der Waals surface area contributed by atoms with Crippen molar-refractivity contribution in [1.82, 2.24) is 15.0 Å². The topological polar surface area (TPSA) is 100 Å². The van der Waals surface area contributed by atoms with E-state index in [9.17, 15) is 10.2 Å². The molecule has 3 aromatic carbocycles. The molecule has 2 aromatic heterocycles. The van der Waals surface area contributed by atoms with E-state index in [1.54, 1.807) is 11.3 Å². The molecule has 0 saturated carbocycles. The lowest BCUT2D eigenvalue weighted by atomic mass is 9.99. The number of imidazole rings is 1. The van der Waals surface area contributed by atoms with Crippen LogP contribution < -0.4 is 4.74 Å². The molecule has 1 unspecified atom stereocenters. The molecule has 3 atom stereocenters. The van der Waals surface area contributed by atoms with Gasteiger partial charge in [0.2, 0.25) is 0 Å². The molecule has 0 bridgehead atoms. The number of aromatic amines is 1. The summed E-state index contributed by atoms with van der Waals surface area (Å²) in [6.45, 7) is -0.0910. The number of H-pyrrole nitrogens is 1. The van der Waals surface area contributed by atoms with Crippen LogP contribution in [0.4, 0.5) is 0 Å². The molecule has 36 heavy (non-hydrogen) atoms. The van der Waals surface area contributed by atoms with Gasteiger partial charge in [-0.25, -0.2) is 4.98 Å². The van der Waals surface area contributed by atoms with Crippen LogP contribution in [0.3, 0.4) is 0 Å². The van der Waals surface area contributed by atoms with Gasteiger partial charge in [0.1, 0.15) is 17.2 Å². The van der Waals surface area contributed by atoms with Crippen molar-refractivity contribution in [2.24, 2.45) is 0 Å². The summed E-state index contributed by atoms with van der Waals surface area (Å²) in [4.78, 5) is 12.0. The Morgan fingerprint density at radius 3 is 2.36 bits per heavy atom. The zero-order chi connectivity index (χ0) is 24.6. The second-order valence-corrected chi connectivity index (χ2v) is 9.89. The number of ether oxygens (including phenoxy) is 2. The van der Waals surface area contributed by atoms with Crippen LogP contribution in [0, 0.1) is 0 Å². The molecule has 0 spiro atoms. The Hall–Kier alpha value is -3.27. The molecule has 3 heterocycles. The fraction of sp³-hybridized carbons (Fsp3) is 0.185. The van der Waals surface area contributed by atoms with Crippen LogP contribution in [0.25, 0.3) is 43.9 Å². The van der Waals surface area contributed by atoms with Gasteiger partial charge in [0.15, 0.2) is 6.10 Å². The van der Waals surface area contributed by atoms with E-state index in [1.807, 2.05) is 35.8 Å². The first-order valence-corrected chi connectivity index (χ1v) is 12.7. The number of hydrogen-bond acceptors (Lipinski definition) is 7. The molecule has 1 aliphatic rings. The third-order valence-corrected chi connectivity index (χ3v) is 7.46. The number of nitrogens with one attached hydrogen (secondary N) is 1. The van der Waals surface area contributed by atoms with Gasteiger partial charge in [0.25, 0.3) is 6.01 Å². The Labute approximate surface area is 216 Å². The van der Waals surface area contributed by atoms with Crippen molar-refractivity contribution >= 4 is 34.0 Å². The minimum Gasteiger partial charge on any atom is -0.456 e. The van der Waals surface area contributed by atoms with Crippen LogP contribution in [-0.2, 0) is 4.74 Å². The van der Waals surface area contributed by atoms with Crippen molar-refractivity contribution in [3.05, 3.63) is 77.3 Å². The van der Waals surface area contributed by atoms with E-state index in [0.717, 1.165) is 38.3 Å². The maximum Gasteiger partial charge on any atom is 0.295 e. The smallest absolute Gasteiger partial charge is 0.295 e. The molecule has 1 saturated heterocycles. The highest BCUT2D eigenvalue weighted by Gasteiger charge is 2.37. The fourth-order valence-electron chi connectivity index (χ4n) is 4.36. The van der Waals surface area contributed by atoms with E-state index in [4.69, 9.17) is 21.1 Å². The summed E-state index contributed by atoms with van der Waals surface area (Å²) >= 11 is 8.25. The summed E-state index contributed by atoms with van der Waals surface area (Å²) in [7, 11) is 0. The van der Waals surface area contributed by atoms with Crippen molar-refractivity contribution in [1.29, 1.82) is 0 Å². The first-order valence-electron chi connectivity index (χ1n) is 11.5. The van der Waals surface area contributed by atoms with Gasteiger partial charge in [0.05, 0.1) is 29.3 Å². The lowest BCUT2D eigenvalue weighted by molar-refractivity contribution is -0.00390. The Morgan fingerprint density at radius 2 is 1.72 bits per heavy atom. The van der Waals surface area contributed by atoms with Crippen molar-refractivity contribution in [3.63, 3.8) is 0 Å². The first-order chi connectivity index (χ1) is 17.6. The molecule has 7 nitrogen and oxygen atoms in total. The van der Waals surface area contributed by atoms with E-state index < -0.39 is 18.3 Å². The van der Waals surface area contributed by atoms with E-state index in [1.165, 1.54) is 0 Å². The van der Waals surface area contributed by atoms with Crippen LogP contribution in [0.15, 0.2) is 72.2 Å². The van der Waals surface area contributed by atoms with E-state index >= 15 is 0 Å². The minimum atomic E-state index is -0.926. The Bertz CT molecular complexity index is 1490. The molecular weight excluding hydrogens is 498 g/mol. The van der Waals surface area contributed by atoms with Gasteiger partial charge in [-0.3, -0.25) is 0 Å². The fourth-order valence-corrected chi connectivity index (χ4v) is 5.28. The Morgan fingerprint density at radius 1 is 1.03 bits per heavy atom. The summed E-state index contributed by atoms with van der Waals surface area (Å²) in [5.41, 5.74) is 6.59. The quantitative estimate of drug-likeness (QED) is 0.286. The molecular formula is C27H22ClN3O4S. The number of halogens is 1. The highest BCUT2D eigenvalue weighted by Crippen LogP contribution is 2.34. The monoisotopic (exact) mass is 519 g/mol. The third kappa shape index (κ3) is 4.38. The zero-order valence-corrected chi connectivity index (χ0v) is 20.5. The average Bonchev–Trinajstić information content (AvgIpc) is 3.65. The number of aliphatic hydroxyl groups is 2. The maximum atomic E-state index is 10.2. The average molecular weight is 520 g/mol. The number of rotatable bonds is 6. The van der Waals surface area contributed by atoms with Crippen LogP contribution in [-0.4, -0.2) is 56.7 Å². The van der Waals surface area contributed by atoms with Gasteiger partial charge < -0.3 is 24.7 Å². The summed E-state index contributed by atoms with van der Waals surface area (Å²) < 4.78 is 11.1. The number of aliphatic hydroxyl groups excluding tert-OH is 2. The first kappa shape index (κ1) is 23.1. The minimum absolute atomic E-state index is 0.176. The van der Waals surface area contributed by atoms with Gasteiger partial charge in [-0.2, -0.15) is 4.98 Å². The largest absolute Gasteiger partial charge is 0.456 e. The van der Waals surface area contributed by atoms with Gasteiger partial charge in [-0.15, -0.1) is 11.3 Å². The van der Waals surface area contributed by atoms with Crippen LogP contribution in [0.1, 0.15) is 0 Å². The molecule has 0 amide bonds. The van der Waals surface area contributed by atoms with E-state index in [2.05, 4.69) is 51.4 Å². The number of hydrogen-bond donors (Lipinski definition) is 3. The summed E-state index contributed by atoms with van der Waals surface area (Å²) in [5, 5.41) is 23.0. The van der Waals surface area contributed by atoms with E-state index in [0.29, 0.717) is 10.5 Å². The van der Waals surface area contributed by atoms with Crippen LogP contribution in [0.2, 0.25) is 5.02 Å². The molecule has 6 rings (SSSR count). The zero-order valence-electron chi connectivity index (χ0n) is 19.0. The summed E-state index contributed by atoms with van der Waals surface area (Å²) in [6, 6.07) is 20.6. The van der Waals surface area contributed by atoms with Crippen LogP contribution >= 0.6 is 22.9 Å². The van der Waals surface area contributed by atoms with Crippen LogP contribution in [0.5, 0.6) is 6.01 Å². The van der Waals surface area contributed by atoms with Crippen molar-refractivity contribution in [2.75, 3.05) is 13.2 Å². The molecule has 0 radical (unpaired) electrons. The lowest BCUT2D eigenvalue weighted by Gasteiger charge is -2.15. The molecule has 182 valence electrons. The lowest BCUT2D eigenvalue weighted by Crippen LogP contribution is -2.36. The predicted octanol–water partition coefficient (Wildman–Crippen LogP) is 5.17. The molecule has 0 aliphatic carbocycles. The highest BCUT2D eigenvalue weighted by atomic mass is 35.5. The highest BCUT2D eigenvalue weighted by molar-refractivity contribution is 7.13. The maximum absolute atomic E-state index is 10.2. The second-order valence-electron chi connectivity index (χ2n) is 8.58. The van der Waals surface area contributed by atoms with Gasteiger partial charge >= 0.3 is 0 Å². The molecule has 9 heteroatoms. The number of fused-ring (bicyclic) bond motifs is 1. The SMILES string of the molecule is OC[C@H]1OCC(Oc2nc3cc(-c4ccc(-c5ccc(-c6nccs6)cc5)cc4)c(Cl)cc3[nH]2)[C@@H]1O. The molecule has 3 N–H and O–H groups in total.